The molecule has 0 fully saturated rings. The number of hydrogen-bond acceptors (Lipinski definition) is 2. The zero-order valence-electron chi connectivity index (χ0n) is 13.8. The molecule has 4 heteroatoms. The smallest absolute Gasteiger partial charge is 0.140 e. The summed E-state index contributed by atoms with van der Waals surface area (Å²) in [5.41, 5.74) is 5.86. The SMILES string of the molecule is Cc1cccn2c(Cc3ccccc3)c(-c3cc(Br)ccc3O)nc12. The number of fused-ring (bicyclic) bond motifs is 1. The van der Waals surface area contributed by atoms with Crippen LogP contribution in [-0.2, 0) is 6.42 Å². The van der Waals surface area contributed by atoms with E-state index in [0.29, 0.717) is 0 Å². The summed E-state index contributed by atoms with van der Waals surface area (Å²) in [6.45, 7) is 2.05. The Morgan fingerprint density at radius 2 is 1.84 bits per heavy atom. The predicted molar refractivity (Wildman–Crippen MR) is 104 cm³/mol. The molecule has 0 aliphatic heterocycles. The second kappa shape index (κ2) is 6.37. The van der Waals surface area contributed by atoms with E-state index in [9.17, 15) is 5.11 Å². The number of phenols is 1. The van der Waals surface area contributed by atoms with E-state index in [1.54, 1.807) is 6.07 Å². The first kappa shape index (κ1) is 15.9. The molecular weight excluding hydrogens is 376 g/mol. The summed E-state index contributed by atoms with van der Waals surface area (Å²) in [5.74, 6) is 0.235. The van der Waals surface area contributed by atoms with E-state index in [1.807, 2.05) is 42.6 Å². The average Bonchev–Trinajstić information content (AvgIpc) is 2.98. The van der Waals surface area contributed by atoms with Crippen molar-refractivity contribution in [1.29, 1.82) is 0 Å². The Bertz CT molecular complexity index is 1050. The van der Waals surface area contributed by atoms with E-state index in [0.717, 1.165) is 39.1 Å². The molecule has 0 radical (unpaired) electrons. The van der Waals surface area contributed by atoms with Crippen molar-refractivity contribution < 1.29 is 5.11 Å². The molecule has 0 spiro atoms. The van der Waals surface area contributed by atoms with Gasteiger partial charge in [-0.15, -0.1) is 0 Å². The normalized spacial score (nSPS) is 11.1. The number of hydrogen-bond donors (Lipinski definition) is 1. The topological polar surface area (TPSA) is 37.5 Å². The van der Waals surface area contributed by atoms with E-state index in [2.05, 4.69) is 45.5 Å². The van der Waals surface area contributed by atoms with Crippen LogP contribution in [0.5, 0.6) is 5.75 Å². The number of aryl methyl sites for hydroxylation is 1. The van der Waals surface area contributed by atoms with Crippen LogP contribution in [0, 0.1) is 6.92 Å². The Hall–Kier alpha value is -2.59. The molecule has 0 bridgehead atoms. The molecule has 1 N–H and O–H groups in total. The molecule has 0 aliphatic carbocycles. The molecule has 124 valence electrons. The first-order chi connectivity index (χ1) is 12.1. The summed E-state index contributed by atoms with van der Waals surface area (Å²) in [4.78, 5) is 4.86. The van der Waals surface area contributed by atoms with Gasteiger partial charge in [-0.3, -0.25) is 0 Å². The van der Waals surface area contributed by atoms with Gasteiger partial charge < -0.3 is 9.51 Å². The number of pyridine rings is 1. The molecule has 2 heterocycles. The van der Waals surface area contributed by atoms with Crippen molar-refractivity contribution in [3.05, 3.63) is 88.2 Å². The van der Waals surface area contributed by atoms with Crippen LogP contribution in [0.25, 0.3) is 16.9 Å². The number of nitrogens with zero attached hydrogens (tertiary/aromatic N) is 2. The van der Waals surface area contributed by atoms with Gasteiger partial charge in [0.25, 0.3) is 0 Å². The fourth-order valence-electron chi connectivity index (χ4n) is 3.12. The molecule has 2 aromatic carbocycles. The largest absolute Gasteiger partial charge is 0.507 e. The maximum absolute atomic E-state index is 10.4. The fraction of sp³-hybridized carbons (Fsp3) is 0.0952. The van der Waals surface area contributed by atoms with Crippen molar-refractivity contribution in [3.63, 3.8) is 0 Å². The molecule has 0 unspecified atom stereocenters. The second-order valence-electron chi connectivity index (χ2n) is 6.12. The van der Waals surface area contributed by atoms with Crippen LogP contribution in [0.4, 0.5) is 0 Å². The summed E-state index contributed by atoms with van der Waals surface area (Å²) < 4.78 is 3.04. The predicted octanol–water partition coefficient (Wildman–Crippen LogP) is 5.37. The van der Waals surface area contributed by atoms with E-state index in [-0.39, 0.29) is 5.75 Å². The van der Waals surface area contributed by atoms with Gasteiger partial charge in [0, 0.05) is 22.7 Å². The highest BCUT2D eigenvalue weighted by molar-refractivity contribution is 9.10. The molecule has 4 rings (SSSR count). The summed E-state index contributed by atoms with van der Waals surface area (Å²) >= 11 is 3.50. The third-order valence-electron chi connectivity index (χ3n) is 4.37. The van der Waals surface area contributed by atoms with Gasteiger partial charge in [0.15, 0.2) is 0 Å². The first-order valence-electron chi connectivity index (χ1n) is 8.13. The molecule has 0 amide bonds. The molecule has 0 aliphatic rings. The van der Waals surface area contributed by atoms with Gasteiger partial charge in [-0.2, -0.15) is 0 Å². The number of imidazole rings is 1. The van der Waals surface area contributed by atoms with Crippen molar-refractivity contribution in [2.24, 2.45) is 0 Å². The summed E-state index contributed by atoms with van der Waals surface area (Å²) in [5, 5.41) is 10.4. The van der Waals surface area contributed by atoms with Crippen LogP contribution in [0.3, 0.4) is 0 Å². The number of phenolic OH excluding ortho intramolecular Hbond substituents is 1. The van der Waals surface area contributed by atoms with Crippen molar-refractivity contribution >= 4 is 21.6 Å². The fourth-order valence-corrected chi connectivity index (χ4v) is 3.49. The highest BCUT2D eigenvalue weighted by Gasteiger charge is 2.18. The zero-order chi connectivity index (χ0) is 17.4. The van der Waals surface area contributed by atoms with Gasteiger partial charge >= 0.3 is 0 Å². The Kier molecular flexibility index (Phi) is 4.06. The lowest BCUT2D eigenvalue weighted by atomic mass is 10.0. The van der Waals surface area contributed by atoms with Crippen molar-refractivity contribution in [1.82, 2.24) is 9.38 Å². The summed E-state index contributed by atoms with van der Waals surface area (Å²) in [6.07, 6.45) is 2.78. The van der Waals surface area contributed by atoms with Gasteiger partial charge in [-0.05, 0) is 42.3 Å². The summed E-state index contributed by atoms with van der Waals surface area (Å²) in [7, 11) is 0. The molecule has 3 nitrogen and oxygen atoms in total. The zero-order valence-corrected chi connectivity index (χ0v) is 15.4. The number of rotatable bonds is 3. The number of aromatic nitrogens is 2. The summed E-state index contributed by atoms with van der Waals surface area (Å²) in [6, 6.07) is 19.9. The van der Waals surface area contributed by atoms with Crippen LogP contribution < -0.4 is 0 Å². The molecular formula is C21H17BrN2O. The minimum Gasteiger partial charge on any atom is -0.507 e. The van der Waals surface area contributed by atoms with Crippen molar-refractivity contribution in [2.45, 2.75) is 13.3 Å². The Morgan fingerprint density at radius 1 is 1.04 bits per heavy atom. The highest BCUT2D eigenvalue weighted by atomic mass is 79.9. The lowest BCUT2D eigenvalue weighted by Gasteiger charge is -2.08. The lowest BCUT2D eigenvalue weighted by Crippen LogP contribution is -1.97. The van der Waals surface area contributed by atoms with E-state index in [1.165, 1.54) is 5.56 Å². The third-order valence-corrected chi connectivity index (χ3v) is 4.87. The number of benzene rings is 2. The van der Waals surface area contributed by atoms with E-state index in [4.69, 9.17) is 4.98 Å². The van der Waals surface area contributed by atoms with Gasteiger partial charge in [0.05, 0.1) is 11.4 Å². The highest BCUT2D eigenvalue weighted by Crippen LogP contribution is 2.35. The van der Waals surface area contributed by atoms with Crippen LogP contribution >= 0.6 is 15.9 Å². The molecule has 0 saturated heterocycles. The van der Waals surface area contributed by atoms with Crippen LogP contribution in [0.15, 0.2) is 71.3 Å². The average molecular weight is 393 g/mol. The molecule has 0 saturated carbocycles. The van der Waals surface area contributed by atoms with Gasteiger partial charge in [0.2, 0.25) is 0 Å². The van der Waals surface area contributed by atoms with Gasteiger partial charge in [0.1, 0.15) is 11.4 Å². The Morgan fingerprint density at radius 3 is 2.64 bits per heavy atom. The van der Waals surface area contributed by atoms with Crippen LogP contribution in [0.1, 0.15) is 16.8 Å². The van der Waals surface area contributed by atoms with Gasteiger partial charge in [-0.25, -0.2) is 4.98 Å². The molecule has 4 aromatic rings. The monoisotopic (exact) mass is 392 g/mol. The second-order valence-corrected chi connectivity index (χ2v) is 7.03. The van der Waals surface area contributed by atoms with Crippen LogP contribution in [-0.4, -0.2) is 14.5 Å². The quantitative estimate of drug-likeness (QED) is 0.508. The van der Waals surface area contributed by atoms with Crippen LogP contribution in [0.2, 0.25) is 0 Å². The molecule has 25 heavy (non-hydrogen) atoms. The van der Waals surface area contributed by atoms with Gasteiger partial charge in [-0.1, -0.05) is 52.3 Å². The Balaban J connectivity index is 1.98. The maximum atomic E-state index is 10.4. The third kappa shape index (κ3) is 2.94. The van der Waals surface area contributed by atoms with E-state index < -0.39 is 0 Å². The lowest BCUT2D eigenvalue weighted by molar-refractivity contribution is 0.477. The first-order valence-corrected chi connectivity index (χ1v) is 8.92. The molecule has 0 atom stereocenters. The van der Waals surface area contributed by atoms with E-state index >= 15 is 0 Å². The standard InChI is InChI=1S/C21H17BrN2O/c1-14-6-5-11-24-18(12-15-7-3-2-4-8-15)20(23-21(14)24)17-13-16(22)9-10-19(17)25/h2-11,13,25H,12H2,1H3. The van der Waals surface area contributed by atoms with Crippen molar-refractivity contribution in [2.75, 3.05) is 0 Å². The molecule has 2 aromatic heterocycles. The number of aromatic hydroxyl groups is 1. The number of halogens is 1. The maximum Gasteiger partial charge on any atom is 0.140 e. The minimum atomic E-state index is 0.235. The van der Waals surface area contributed by atoms with Crippen molar-refractivity contribution in [3.8, 4) is 17.0 Å². The Labute approximate surface area is 154 Å². The minimum absolute atomic E-state index is 0.235.